The van der Waals surface area contributed by atoms with E-state index in [9.17, 15) is 4.79 Å². The molecule has 0 saturated carbocycles. The van der Waals surface area contributed by atoms with Crippen LogP contribution in [-0.4, -0.2) is 26.9 Å². The Bertz CT molecular complexity index is 615. The lowest BCUT2D eigenvalue weighted by Crippen LogP contribution is -2.33. The van der Waals surface area contributed by atoms with Gasteiger partial charge in [-0.1, -0.05) is 13.3 Å². The zero-order valence-electron chi connectivity index (χ0n) is 13.8. The summed E-state index contributed by atoms with van der Waals surface area (Å²) in [6, 6.07) is 3.81. The fourth-order valence-corrected chi connectivity index (χ4v) is 3.88. The number of nitrogens with one attached hydrogen (secondary N) is 1. The topological polar surface area (TPSA) is 54.9 Å². The van der Waals surface area contributed by atoms with E-state index in [1.165, 1.54) is 0 Å². The van der Waals surface area contributed by atoms with Gasteiger partial charge in [-0.25, -0.2) is 4.98 Å². The molecular formula is C17H23N3OS2. The summed E-state index contributed by atoms with van der Waals surface area (Å²) >= 11 is 3.29. The summed E-state index contributed by atoms with van der Waals surface area (Å²) < 4.78 is 0. The molecule has 2 aromatic rings. The molecule has 2 atom stereocenters. The summed E-state index contributed by atoms with van der Waals surface area (Å²) in [4.78, 5) is 20.9. The minimum atomic E-state index is -0.0719. The van der Waals surface area contributed by atoms with Crippen molar-refractivity contribution < 1.29 is 4.79 Å². The highest BCUT2D eigenvalue weighted by molar-refractivity contribution is 8.00. The third kappa shape index (κ3) is 5.32. The molecular weight excluding hydrogens is 326 g/mol. The van der Waals surface area contributed by atoms with E-state index < -0.39 is 0 Å². The lowest BCUT2D eigenvalue weighted by atomic mass is 10.2. The number of thioether (sulfide) groups is 1. The van der Waals surface area contributed by atoms with E-state index in [0.29, 0.717) is 0 Å². The van der Waals surface area contributed by atoms with E-state index in [-0.39, 0.29) is 17.2 Å². The number of hydrogen-bond acceptors (Lipinski definition) is 5. The van der Waals surface area contributed by atoms with E-state index in [4.69, 9.17) is 0 Å². The molecule has 0 aliphatic carbocycles. The highest BCUT2D eigenvalue weighted by Gasteiger charge is 2.18. The maximum absolute atomic E-state index is 12.2. The SMILES string of the molecule is CCCCS[C@H](C)C(=O)N[C@@H](C)c1nc(-c2ccncc2)cs1. The largest absolute Gasteiger partial charge is 0.346 e. The number of thiazole rings is 1. The van der Waals surface area contributed by atoms with E-state index in [0.717, 1.165) is 34.9 Å². The molecule has 0 fully saturated rings. The summed E-state index contributed by atoms with van der Waals surface area (Å²) in [6.07, 6.45) is 5.83. The van der Waals surface area contributed by atoms with Crippen molar-refractivity contribution in [2.75, 3.05) is 5.75 Å². The van der Waals surface area contributed by atoms with Gasteiger partial charge in [0, 0.05) is 23.3 Å². The summed E-state index contributed by atoms with van der Waals surface area (Å²) in [5.41, 5.74) is 1.98. The van der Waals surface area contributed by atoms with Gasteiger partial charge in [-0.05, 0) is 38.2 Å². The molecule has 2 aromatic heterocycles. The molecule has 2 rings (SSSR count). The van der Waals surface area contributed by atoms with Gasteiger partial charge in [0.25, 0.3) is 0 Å². The average molecular weight is 350 g/mol. The predicted molar refractivity (Wildman–Crippen MR) is 98.7 cm³/mol. The summed E-state index contributed by atoms with van der Waals surface area (Å²) in [5, 5.41) is 5.99. The molecule has 0 bridgehead atoms. The first-order valence-electron chi connectivity index (χ1n) is 7.89. The molecule has 0 saturated heterocycles. The lowest BCUT2D eigenvalue weighted by Gasteiger charge is -2.15. The number of pyridine rings is 1. The first kappa shape index (κ1) is 17.9. The molecule has 1 amide bonds. The summed E-state index contributed by atoms with van der Waals surface area (Å²) in [6.45, 7) is 6.11. The van der Waals surface area contributed by atoms with Crippen LogP contribution >= 0.6 is 23.1 Å². The van der Waals surface area contributed by atoms with Crippen LogP contribution in [0.3, 0.4) is 0 Å². The second kappa shape index (κ2) is 9.03. The quantitative estimate of drug-likeness (QED) is 0.722. The maximum Gasteiger partial charge on any atom is 0.233 e. The highest BCUT2D eigenvalue weighted by atomic mass is 32.2. The Labute approximate surface area is 146 Å². The van der Waals surface area contributed by atoms with Crippen molar-refractivity contribution in [2.24, 2.45) is 0 Å². The summed E-state index contributed by atoms with van der Waals surface area (Å²) in [7, 11) is 0. The van der Waals surface area contributed by atoms with Gasteiger partial charge in [-0.3, -0.25) is 9.78 Å². The standard InChI is InChI=1S/C17H23N3OS2/c1-4-5-10-22-13(3)16(21)19-12(2)17-20-15(11-23-17)14-6-8-18-9-7-14/h6-9,11-13H,4-5,10H2,1-3H3,(H,19,21)/t12-,13+/m0/s1. The number of nitrogens with zero attached hydrogens (tertiary/aromatic N) is 2. The second-order valence-corrected chi connectivity index (χ2v) is 7.74. The second-order valence-electron chi connectivity index (χ2n) is 5.40. The van der Waals surface area contributed by atoms with Crippen molar-refractivity contribution in [1.29, 1.82) is 0 Å². The number of carbonyl (C=O) groups excluding carboxylic acids is 1. The third-order valence-corrected chi connectivity index (χ3v) is 5.73. The molecule has 0 radical (unpaired) electrons. The Kier molecular flexibility index (Phi) is 7.05. The normalized spacial score (nSPS) is 13.5. The Balaban J connectivity index is 1.92. The third-order valence-electron chi connectivity index (χ3n) is 3.46. The number of carbonyl (C=O) groups is 1. The van der Waals surface area contributed by atoms with Gasteiger partial charge in [0.2, 0.25) is 5.91 Å². The fourth-order valence-electron chi connectivity index (χ4n) is 2.01. The van der Waals surface area contributed by atoms with Crippen molar-refractivity contribution in [3.05, 3.63) is 34.9 Å². The Morgan fingerprint density at radius 2 is 2.09 bits per heavy atom. The van der Waals surface area contributed by atoms with Crippen molar-refractivity contribution >= 4 is 29.0 Å². The highest BCUT2D eigenvalue weighted by Crippen LogP contribution is 2.25. The maximum atomic E-state index is 12.2. The van der Waals surface area contributed by atoms with Gasteiger partial charge in [-0.2, -0.15) is 0 Å². The van der Waals surface area contributed by atoms with Crippen LogP contribution in [0.4, 0.5) is 0 Å². The Hall–Kier alpha value is -1.40. The van der Waals surface area contributed by atoms with Crippen LogP contribution in [-0.2, 0) is 4.79 Å². The smallest absolute Gasteiger partial charge is 0.233 e. The van der Waals surface area contributed by atoms with E-state index in [1.54, 1.807) is 35.5 Å². The van der Waals surface area contributed by atoms with E-state index in [2.05, 4.69) is 22.2 Å². The fraction of sp³-hybridized carbons (Fsp3) is 0.471. The molecule has 0 aliphatic rings. The molecule has 2 heterocycles. The number of unbranched alkanes of at least 4 members (excludes halogenated alkanes) is 1. The predicted octanol–water partition coefficient (Wildman–Crippen LogP) is 4.30. The Morgan fingerprint density at radius 1 is 1.35 bits per heavy atom. The minimum Gasteiger partial charge on any atom is -0.346 e. The van der Waals surface area contributed by atoms with Crippen molar-refractivity contribution in [1.82, 2.24) is 15.3 Å². The average Bonchev–Trinajstić information content (AvgIpc) is 3.06. The van der Waals surface area contributed by atoms with Gasteiger partial charge in [0.1, 0.15) is 5.01 Å². The first-order valence-corrected chi connectivity index (χ1v) is 9.82. The Morgan fingerprint density at radius 3 is 2.78 bits per heavy atom. The monoisotopic (exact) mass is 349 g/mol. The van der Waals surface area contributed by atoms with Gasteiger partial charge < -0.3 is 5.32 Å². The molecule has 0 aromatic carbocycles. The van der Waals surface area contributed by atoms with Gasteiger partial charge in [0.05, 0.1) is 17.0 Å². The molecule has 0 spiro atoms. The number of rotatable bonds is 8. The molecule has 6 heteroatoms. The van der Waals surface area contributed by atoms with Gasteiger partial charge >= 0.3 is 0 Å². The van der Waals surface area contributed by atoms with E-state index >= 15 is 0 Å². The number of aromatic nitrogens is 2. The molecule has 23 heavy (non-hydrogen) atoms. The van der Waals surface area contributed by atoms with Crippen molar-refractivity contribution in [2.45, 2.75) is 44.9 Å². The van der Waals surface area contributed by atoms with Crippen LogP contribution in [0.15, 0.2) is 29.9 Å². The molecule has 124 valence electrons. The van der Waals surface area contributed by atoms with Gasteiger partial charge in [0.15, 0.2) is 0 Å². The number of hydrogen-bond donors (Lipinski definition) is 1. The minimum absolute atomic E-state index is 0.0244. The summed E-state index contributed by atoms with van der Waals surface area (Å²) in [5.74, 6) is 1.11. The molecule has 1 N–H and O–H groups in total. The molecule has 4 nitrogen and oxygen atoms in total. The van der Waals surface area contributed by atoms with Crippen LogP contribution in [0.25, 0.3) is 11.3 Å². The van der Waals surface area contributed by atoms with Crippen LogP contribution < -0.4 is 5.32 Å². The number of amides is 1. The first-order chi connectivity index (χ1) is 11.1. The zero-order valence-corrected chi connectivity index (χ0v) is 15.4. The van der Waals surface area contributed by atoms with Crippen LogP contribution in [0.1, 0.15) is 44.7 Å². The zero-order chi connectivity index (χ0) is 16.7. The van der Waals surface area contributed by atoms with Crippen LogP contribution in [0.2, 0.25) is 0 Å². The molecule has 0 aliphatic heterocycles. The van der Waals surface area contributed by atoms with E-state index in [1.807, 2.05) is 31.4 Å². The van der Waals surface area contributed by atoms with Crippen molar-refractivity contribution in [3.63, 3.8) is 0 Å². The lowest BCUT2D eigenvalue weighted by molar-refractivity contribution is -0.120. The molecule has 0 unspecified atom stereocenters. The van der Waals surface area contributed by atoms with Crippen LogP contribution in [0.5, 0.6) is 0 Å². The van der Waals surface area contributed by atoms with Gasteiger partial charge in [-0.15, -0.1) is 23.1 Å². The van der Waals surface area contributed by atoms with Crippen molar-refractivity contribution in [3.8, 4) is 11.3 Å². The van der Waals surface area contributed by atoms with Crippen LogP contribution in [0, 0.1) is 0 Å².